The summed E-state index contributed by atoms with van der Waals surface area (Å²) in [7, 11) is 1.73. The zero-order chi connectivity index (χ0) is 10.6. The summed E-state index contributed by atoms with van der Waals surface area (Å²) in [5.41, 5.74) is 1.34. The first kappa shape index (κ1) is 12.2. The van der Waals surface area contributed by atoms with Gasteiger partial charge in [-0.05, 0) is 46.8 Å². The Kier molecular flexibility index (Phi) is 4.57. The molecule has 80 valence electrons. The minimum absolute atomic E-state index is 0.0309. The van der Waals surface area contributed by atoms with E-state index in [1.165, 1.54) is 9.35 Å². The molecule has 14 heavy (non-hydrogen) atoms. The Morgan fingerprint density at radius 2 is 2.29 bits per heavy atom. The van der Waals surface area contributed by atoms with Gasteiger partial charge in [-0.2, -0.15) is 0 Å². The second-order valence-corrected chi connectivity index (χ2v) is 6.22. The molecule has 0 atom stereocenters. The van der Waals surface area contributed by atoms with Crippen LogP contribution < -0.4 is 5.32 Å². The highest BCUT2D eigenvalue weighted by molar-refractivity contribution is 9.11. The minimum Gasteiger partial charge on any atom is -0.383 e. The molecule has 0 aromatic carbocycles. The van der Waals surface area contributed by atoms with Crippen LogP contribution >= 0.6 is 27.3 Å². The summed E-state index contributed by atoms with van der Waals surface area (Å²) in [4.78, 5) is 0. The predicted molar refractivity (Wildman–Crippen MR) is 64.8 cm³/mol. The van der Waals surface area contributed by atoms with Crippen LogP contribution in [0.2, 0.25) is 0 Å². The molecule has 0 fully saturated rings. The molecule has 0 saturated carbocycles. The zero-order valence-corrected chi connectivity index (χ0v) is 11.2. The highest BCUT2D eigenvalue weighted by Gasteiger charge is 2.16. The SMILES string of the molecule is COCC(C)(C)NCc1csc(Br)c1. The molecule has 2 nitrogen and oxygen atoms in total. The van der Waals surface area contributed by atoms with Gasteiger partial charge in [-0.3, -0.25) is 0 Å². The Bertz CT molecular complexity index is 285. The van der Waals surface area contributed by atoms with Crippen molar-refractivity contribution in [1.82, 2.24) is 5.32 Å². The van der Waals surface area contributed by atoms with Crippen molar-refractivity contribution >= 4 is 27.3 Å². The molecular weight excluding hydrogens is 262 g/mol. The summed E-state index contributed by atoms with van der Waals surface area (Å²) >= 11 is 5.16. The van der Waals surface area contributed by atoms with E-state index < -0.39 is 0 Å². The second kappa shape index (κ2) is 5.26. The topological polar surface area (TPSA) is 21.3 Å². The molecule has 1 N–H and O–H groups in total. The molecule has 1 aromatic heterocycles. The Labute approximate surface area is 97.8 Å². The van der Waals surface area contributed by atoms with E-state index in [0.717, 1.165) is 13.2 Å². The number of rotatable bonds is 5. The lowest BCUT2D eigenvalue weighted by molar-refractivity contribution is 0.128. The third-order valence-electron chi connectivity index (χ3n) is 1.90. The summed E-state index contributed by atoms with van der Waals surface area (Å²) in [5.74, 6) is 0. The molecule has 0 saturated heterocycles. The van der Waals surface area contributed by atoms with Crippen LogP contribution in [0.15, 0.2) is 15.2 Å². The predicted octanol–water partition coefficient (Wildman–Crippen LogP) is 3.03. The fourth-order valence-electron chi connectivity index (χ4n) is 1.19. The summed E-state index contributed by atoms with van der Waals surface area (Å²) in [5, 5.41) is 5.60. The summed E-state index contributed by atoms with van der Waals surface area (Å²) in [6.45, 7) is 5.88. The van der Waals surface area contributed by atoms with Gasteiger partial charge in [0.15, 0.2) is 0 Å². The van der Waals surface area contributed by atoms with Crippen molar-refractivity contribution in [3.8, 4) is 0 Å². The van der Waals surface area contributed by atoms with Crippen molar-refractivity contribution in [2.45, 2.75) is 25.9 Å². The number of hydrogen-bond donors (Lipinski definition) is 1. The van der Waals surface area contributed by atoms with Crippen LogP contribution in [-0.4, -0.2) is 19.3 Å². The third kappa shape index (κ3) is 4.09. The quantitative estimate of drug-likeness (QED) is 0.894. The highest BCUT2D eigenvalue weighted by Crippen LogP contribution is 2.20. The molecule has 0 unspecified atom stereocenters. The summed E-state index contributed by atoms with van der Waals surface area (Å²) in [6, 6.07) is 2.14. The standard InChI is InChI=1S/C10H16BrNOS/c1-10(2,7-13-3)12-5-8-4-9(11)14-6-8/h4,6,12H,5,7H2,1-3H3. The van der Waals surface area contributed by atoms with Gasteiger partial charge in [0, 0.05) is 19.2 Å². The first-order chi connectivity index (χ1) is 6.53. The maximum atomic E-state index is 5.13. The third-order valence-corrected chi connectivity index (χ3v) is 3.45. The molecule has 0 aliphatic carbocycles. The van der Waals surface area contributed by atoms with Crippen LogP contribution in [0, 0.1) is 0 Å². The van der Waals surface area contributed by atoms with Gasteiger partial charge in [-0.1, -0.05) is 0 Å². The molecule has 0 aliphatic rings. The Morgan fingerprint density at radius 3 is 2.79 bits per heavy atom. The first-order valence-corrected chi connectivity index (χ1v) is 6.18. The average Bonchev–Trinajstić information content (AvgIpc) is 2.48. The van der Waals surface area contributed by atoms with Crippen molar-refractivity contribution < 1.29 is 4.74 Å². The fourth-order valence-corrected chi connectivity index (χ4v) is 2.40. The second-order valence-electron chi connectivity index (χ2n) is 3.93. The van der Waals surface area contributed by atoms with Gasteiger partial charge in [-0.25, -0.2) is 0 Å². The number of nitrogens with one attached hydrogen (secondary N) is 1. The lowest BCUT2D eigenvalue weighted by atomic mass is 10.1. The van der Waals surface area contributed by atoms with Crippen LogP contribution in [0.25, 0.3) is 0 Å². The van der Waals surface area contributed by atoms with Gasteiger partial charge in [-0.15, -0.1) is 11.3 Å². The molecule has 0 bridgehead atoms. The fraction of sp³-hybridized carbons (Fsp3) is 0.600. The average molecular weight is 278 g/mol. The van der Waals surface area contributed by atoms with Crippen LogP contribution in [0.4, 0.5) is 0 Å². The Morgan fingerprint density at radius 1 is 1.57 bits per heavy atom. The number of hydrogen-bond acceptors (Lipinski definition) is 3. The number of ether oxygens (including phenoxy) is 1. The van der Waals surface area contributed by atoms with Gasteiger partial charge in [0.25, 0.3) is 0 Å². The summed E-state index contributed by atoms with van der Waals surface area (Å²) in [6.07, 6.45) is 0. The van der Waals surface area contributed by atoms with E-state index in [1.54, 1.807) is 18.4 Å². The van der Waals surface area contributed by atoms with Crippen molar-refractivity contribution in [3.63, 3.8) is 0 Å². The van der Waals surface area contributed by atoms with Crippen LogP contribution in [0.5, 0.6) is 0 Å². The molecule has 1 aromatic rings. The largest absolute Gasteiger partial charge is 0.383 e. The van der Waals surface area contributed by atoms with Gasteiger partial charge in [0.2, 0.25) is 0 Å². The van der Waals surface area contributed by atoms with Crippen molar-refractivity contribution in [2.24, 2.45) is 0 Å². The molecular formula is C10H16BrNOS. The van der Waals surface area contributed by atoms with E-state index in [0.29, 0.717) is 0 Å². The van der Waals surface area contributed by atoms with Gasteiger partial charge >= 0.3 is 0 Å². The van der Waals surface area contributed by atoms with Crippen molar-refractivity contribution in [3.05, 3.63) is 20.8 Å². The zero-order valence-electron chi connectivity index (χ0n) is 8.76. The van der Waals surface area contributed by atoms with Gasteiger partial charge in [0.1, 0.15) is 0 Å². The van der Waals surface area contributed by atoms with Gasteiger partial charge in [0.05, 0.1) is 10.4 Å². The lowest BCUT2D eigenvalue weighted by Crippen LogP contribution is -2.42. The van der Waals surface area contributed by atoms with E-state index in [4.69, 9.17) is 4.74 Å². The molecule has 4 heteroatoms. The van der Waals surface area contributed by atoms with E-state index in [2.05, 4.69) is 46.5 Å². The summed E-state index contributed by atoms with van der Waals surface area (Å²) < 4.78 is 6.31. The Hall–Kier alpha value is 0.100. The number of thiophene rings is 1. The van der Waals surface area contributed by atoms with E-state index in [1.807, 2.05) is 0 Å². The van der Waals surface area contributed by atoms with E-state index in [9.17, 15) is 0 Å². The first-order valence-electron chi connectivity index (χ1n) is 4.50. The van der Waals surface area contributed by atoms with E-state index in [-0.39, 0.29) is 5.54 Å². The van der Waals surface area contributed by atoms with Crippen LogP contribution in [0.3, 0.4) is 0 Å². The maximum absolute atomic E-state index is 5.13. The highest BCUT2D eigenvalue weighted by atomic mass is 79.9. The molecule has 0 radical (unpaired) electrons. The molecule has 1 rings (SSSR count). The van der Waals surface area contributed by atoms with Crippen molar-refractivity contribution in [2.75, 3.05) is 13.7 Å². The Balaban J connectivity index is 2.40. The smallest absolute Gasteiger partial charge is 0.0701 e. The molecule has 1 heterocycles. The maximum Gasteiger partial charge on any atom is 0.0701 e. The van der Waals surface area contributed by atoms with Crippen LogP contribution in [-0.2, 0) is 11.3 Å². The number of halogens is 1. The molecule has 0 spiro atoms. The lowest BCUT2D eigenvalue weighted by Gasteiger charge is -2.25. The molecule has 0 amide bonds. The van der Waals surface area contributed by atoms with E-state index >= 15 is 0 Å². The molecule has 0 aliphatic heterocycles. The van der Waals surface area contributed by atoms with Crippen LogP contribution in [0.1, 0.15) is 19.4 Å². The van der Waals surface area contributed by atoms with Gasteiger partial charge < -0.3 is 10.1 Å². The normalized spacial score (nSPS) is 12.0. The minimum atomic E-state index is 0.0309. The number of methoxy groups -OCH3 is 1. The van der Waals surface area contributed by atoms with Crippen molar-refractivity contribution in [1.29, 1.82) is 0 Å². The monoisotopic (exact) mass is 277 g/mol.